The Morgan fingerprint density at radius 3 is 2.38 bits per heavy atom. The van der Waals surface area contributed by atoms with Crippen LogP contribution in [0.2, 0.25) is 0 Å². The number of ether oxygens (including phenoxy) is 1. The zero-order valence-corrected chi connectivity index (χ0v) is 5.32. The first-order valence-electron chi connectivity index (χ1n) is 1.67. The molecule has 0 fully saturated rings. The minimum Gasteiger partial charge on any atom is -0.402 e. The van der Waals surface area contributed by atoms with Crippen LogP contribution in [0.25, 0.3) is 0 Å². The smallest absolute Gasteiger partial charge is 0.402 e. The maximum Gasteiger partial charge on any atom is 0.409 e. The molecule has 0 atom stereocenters. The molecule has 2 nitrogen and oxygen atoms in total. The van der Waals surface area contributed by atoms with Gasteiger partial charge in [0.15, 0.2) is 0 Å². The molecule has 8 heavy (non-hydrogen) atoms. The number of hydrogen-bond donors (Lipinski definition) is 0. The van der Waals surface area contributed by atoms with Crippen LogP contribution in [0.5, 0.6) is 0 Å². The van der Waals surface area contributed by atoms with Crippen molar-refractivity contribution in [2.24, 2.45) is 0 Å². The van der Waals surface area contributed by atoms with Crippen molar-refractivity contribution in [1.29, 1.82) is 0 Å². The van der Waals surface area contributed by atoms with Crippen molar-refractivity contribution in [3.63, 3.8) is 0 Å². The monoisotopic (exact) mass is 188 g/mol. The maximum atomic E-state index is 11.7. The average Bonchev–Trinajstić information content (AvgIpc) is 1.67. The number of carbonyl (C=O) groups excluding carboxylic acids is 1. The van der Waals surface area contributed by atoms with Crippen LogP contribution in [0.1, 0.15) is 0 Å². The van der Waals surface area contributed by atoms with Crippen molar-refractivity contribution in [1.82, 2.24) is 0 Å². The van der Waals surface area contributed by atoms with Gasteiger partial charge in [0, 0.05) is 0 Å². The van der Waals surface area contributed by atoms with Crippen LogP contribution < -0.4 is 0 Å². The molecule has 0 aliphatic heterocycles. The van der Waals surface area contributed by atoms with E-state index in [0.717, 1.165) is 0 Å². The van der Waals surface area contributed by atoms with Crippen LogP contribution in [-0.2, 0) is 9.53 Å². The second-order valence-corrected chi connectivity index (χ2v) is 1.55. The molecule has 0 spiro atoms. The Morgan fingerprint density at radius 2 is 2.25 bits per heavy atom. The van der Waals surface area contributed by atoms with Gasteiger partial charge in [0.05, 0.1) is 0 Å². The van der Waals surface area contributed by atoms with Gasteiger partial charge in [-0.15, -0.1) is 0 Å². The molecule has 0 saturated heterocycles. The van der Waals surface area contributed by atoms with E-state index in [9.17, 15) is 13.6 Å². The van der Waals surface area contributed by atoms with Gasteiger partial charge >= 0.3 is 6.11 Å². The average molecular weight is 189 g/mol. The van der Waals surface area contributed by atoms with Crippen molar-refractivity contribution >= 4 is 22.4 Å². The van der Waals surface area contributed by atoms with E-state index in [4.69, 9.17) is 0 Å². The summed E-state index contributed by atoms with van der Waals surface area (Å²) in [5, 5.41) is -0.668. The van der Waals surface area contributed by atoms with Crippen molar-refractivity contribution in [2.45, 2.75) is 6.11 Å². The van der Waals surface area contributed by atoms with Crippen molar-refractivity contribution in [3.8, 4) is 0 Å². The summed E-state index contributed by atoms with van der Waals surface area (Å²) >= 11 is 2.44. The third-order valence-electron chi connectivity index (χ3n) is 0.376. The molecule has 48 valence electrons. The lowest BCUT2D eigenvalue weighted by Gasteiger charge is -2.07. The molecule has 0 N–H and O–H groups in total. The lowest BCUT2D eigenvalue weighted by Crippen LogP contribution is -2.21. The first-order valence-corrected chi connectivity index (χ1v) is 2.80. The Balaban J connectivity index is 3.53. The molecular formula is C3H3BrF2O2. The Kier molecular flexibility index (Phi) is 2.89. The molecule has 0 saturated carbocycles. The van der Waals surface area contributed by atoms with Gasteiger partial charge in [-0.05, 0) is 0 Å². The molecule has 0 amide bonds. The molecule has 0 aromatic rings. The van der Waals surface area contributed by atoms with Crippen LogP contribution in [0.3, 0.4) is 0 Å². The van der Waals surface area contributed by atoms with E-state index < -0.39 is 11.4 Å². The Hall–Kier alpha value is -0.190. The van der Waals surface area contributed by atoms with E-state index >= 15 is 0 Å². The zero-order chi connectivity index (χ0) is 6.62. The first kappa shape index (κ1) is 7.81. The third kappa shape index (κ3) is 2.90. The topological polar surface area (TPSA) is 26.3 Å². The lowest BCUT2D eigenvalue weighted by atomic mass is 10.7. The highest BCUT2D eigenvalue weighted by atomic mass is 79.9. The summed E-state index contributed by atoms with van der Waals surface area (Å²) in [4.78, 5) is 9.26. The van der Waals surface area contributed by atoms with Gasteiger partial charge in [0.25, 0.3) is 6.47 Å². The zero-order valence-electron chi connectivity index (χ0n) is 3.73. The summed E-state index contributed by atoms with van der Waals surface area (Å²) in [7, 11) is 0. The summed E-state index contributed by atoms with van der Waals surface area (Å²) in [5.41, 5.74) is 0. The fraction of sp³-hybridized carbons (Fsp3) is 0.667. The van der Waals surface area contributed by atoms with Gasteiger partial charge in [-0.3, -0.25) is 4.79 Å². The number of alkyl halides is 3. The van der Waals surface area contributed by atoms with Crippen LogP contribution in [0, 0.1) is 0 Å². The predicted molar refractivity (Wildman–Crippen MR) is 25.9 cm³/mol. The van der Waals surface area contributed by atoms with E-state index in [0.29, 0.717) is 0 Å². The largest absolute Gasteiger partial charge is 0.409 e. The highest BCUT2D eigenvalue weighted by Crippen LogP contribution is 2.15. The van der Waals surface area contributed by atoms with Crippen molar-refractivity contribution in [2.75, 3.05) is 5.33 Å². The van der Waals surface area contributed by atoms with Gasteiger partial charge in [-0.1, -0.05) is 15.9 Å². The van der Waals surface area contributed by atoms with Crippen molar-refractivity contribution < 1.29 is 18.3 Å². The van der Waals surface area contributed by atoms with Crippen LogP contribution in [-0.4, -0.2) is 17.9 Å². The molecule has 0 radical (unpaired) electrons. The molecule has 0 aliphatic rings. The summed E-state index contributed by atoms with van der Waals surface area (Å²) in [6.07, 6.45) is -3.36. The van der Waals surface area contributed by atoms with Gasteiger partial charge in [0.1, 0.15) is 5.33 Å². The van der Waals surface area contributed by atoms with Gasteiger partial charge in [-0.2, -0.15) is 8.78 Å². The Morgan fingerprint density at radius 1 is 1.75 bits per heavy atom. The highest BCUT2D eigenvalue weighted by Gasteiger charge is 2.28. The highest BCUT2D eigenvalue weighted by molar-refractivity contribution is 9.09. The minimum atomic E-state index is -3.36. The Labute approximate surface area is 52.9 Å². The standard InChI is InChI=1S/C3H3BrF2O2/c4-1-3(5,6)8-2-7/h2H,1H2. The molecule has 0 aromatic heterocycles. The van der Waals surface area contributed by atoms with Gasteiger partial charge in [0.2, 0.25) is 0 Å². The second kappa shape index (κ2) is 2.96. The quantitative estimate of drug-likeness (QED) is 0.491. The summed E-state index contributed by atoms with van der Waals surface area (Å²) in [6.45, 7) is -0.290. The predicted octanol–water partition coefficient (Wildman–Crippen LogP) is 1.15. The van der Waals surface area contributed by atoms with Crippen molar-refractivity contribution in [3.05, 3.63) is 0 Å². The second-order valence-electron chi connectivity index (χ2n) is 0.985. The fourth-order valence-electron chi connectivity index (χ4n) is 0.102. The molecule has 0 aromatic carbocycles. The summed E-state index contributed by atoms with van der Waals surface area (Å²) in [6, 6.07) is 0. The van der Waals surface area contributed by atoms with Gasteiger partial charge < -0.3 is 4.74 Å². The number of hydrogen-bond acceptors (Lipinski definition) is 2. The van der Waals surface area contributed by atoms with E-state index in [1.54, 1.807) is 0 Å². The van der Waals surface area contributed by atoms with Crippen LogP contribution >= 0.6 is 15.9 Å². The van der Waals surface area contributed by atoms with E-state index in [1.807, 2.05) is 0 Å². The third-order valence-corrected chi connectivity index (χ3v) is 1.03. The fourth-order valence-corrected chi connectivity index (χ4v) is 0.234. The molecular weight excluding hydrogens is 186 g/mol. The maximum absolute atomic E-state index is 11.7. The molecule has 0 heterocycles. The minimum absolute atomic E-state index is 0.290. The first-order chi connectivity index (χ1) is 3.62. The van der Waals surface area contributed by atoms with E-state index in [2.05, 4.69) is 20.7 Å². The summed E-state index contributed by atoms with van der Waals surface area (Å²) < 4.78 is 26.6. The SMILES string of the molecule is O=COC(F)(F)CBr. The molecule has 5 heteroatoms. The van der Waals surface area contributed by atoms with Gasteiger partial charge in [-0.25, -0.2) is 0 Å². The number of rotatable bonds is 3. The number of halogens is 3. The molecule has 0 unspecified atom stereocenters. The normalized spacial score (nSPS) is 10.9. The molecule has 0 rings (SSSR count). The molecule has 0 aliphatic carbocycles. The van der Waals surface area contributed by atoms with Crippen LogP contribution in [0.15, 0.2) is 0 Å². The van der Waals surface area contributed by atoms with E-state index in [-0.39, 0.29) is 6.47 Å². The van der Waals surface area contributed by atoms with E-state index in [1.165, 1.54) is 0 Å². The Bertz CT molecular complexity index is 85.4. The molecule has 0 bridgehead atoms. The number of carbonyl (C=O) groups is 1. The lowest BCUT2D eigenvalue weighted by molar-refractivity contribution is -0.206. The van der Waals surface area contributed by atoms with Crippen LogP contribution in [0.4, 0.5) is 8.78 Å². The summed E-state index contributed by atoms with van der Waals surface area (Å²) in [5.74, 6) is 0.